The van der Waals surface area contributed by atoms with E-state index in [0.29, 0.717) is 0 Å². The van der Waals surface area contributed by atoms with E-state index in [9.17, 15) is 0 Å². The molecule has 0 aliphatic rings. The molecule has 0 unspecified atom stereocenters. The van der Waals surface area contributed by atoms with Gasteiger partial charge in [0.25, 0.3) is 0 Å². The first-order chi connectivity index (χ1) is 8.63. The van der Waals surface area contributed by atoms with Crippen LogP contribution in [0.4, 0.5) is 17.2 Å². The minimum Gasteiger partial charge on any atom is -0.396 e. The molecule has 0 atom stereocenters. The van der Waals surface area contributed by atoms with E-state index in [1.807, 2.05) is 31.3 Å². The van der Waals surface area contributed by atoms with Gasteiger partial charge in [0.2, 0.25) is 0 Å². The molecule has 1 heterocycles. The second-order valence-corrected chi connectivity index (χ2v) is 4.46. The first kappa shape index (κ1) is 12.4. The van der Waals surface area contributed by atoms with Crippen LogP contribution in [0.5, 0.6) is 0 Å². The van der Waals surface area contributed by atoms with Crippen molar-refractivity contribution in [1.82, 2.24) is 4.98 Å². The normalized spacial score (nSPS) is 10.4. The molecule has 0 fully saturated rings. The van der Waals surface area contributed by atoms with Crippen LogP contribution < -0.4 is 10.6 Å². The molecule has 0 aliphatic heterocycles. The van der Waals surface area contributed by atoms with Crippen LogP contribution in [-0.2, 0) is 0 Å². The zero-order valence-electron chi connectivity index (χ0n) is 11.1. The van der Waals surface area contributed by atoms with Crippen molar-refractivity contribution in [1.29, 1.82) is 0 Å². The van der Waals surface area contributed by atoms with Gasteiger partial charge in [0.15, 0.2) is 5.82 Å². The summed E-state index contributed by atoms with van der Waals surface area (Å²) in [6.07, 6.45) is 1.85. The first-order valence-corrected chi connectivity index (χ1v) is 6.18. The van der Waals surface area contributed by atoms with E-state index in [1.165, 1.54) is 5.56 Å². The number of nitrogen functional groups attached to an aromatic ring is 1. The lowest BCUT2D eigenvalue weighted by molar-refractivity contribution is 0.983. The van der Waals surface area contributed by atoms with Crippen molar-refractivity contribution >= 4 is 17.2 Å². The molecule has 0 saturated heterocycles. The second-order valence-electron chi connectivity index (χ2n) is 4.46. The lowest BCUT2D eigenvalue weighted by atomic mass is 10.1. The van der Waals surface area contributed by atoms with Crippen molar-refractivity contribution in [2.24, 2.45) is 0 Å². The SMILES string of the molecule is CCN(c1ccccc1C)c1ncc(C)cc1N. The van der Waals surface area contributed by atoms with Gasteiger partial charge in [-0.15, -0.1) is 0 Å². The predicted molar refractivity (Wildman–Crippen MR) is 77.2 cm³/mol. The highest BCUT2D eigenvalue weighted by molar-refractivity contribution is 5.73. The van der Waals surface area contributed by atoms with Crippen LogP contribution in [0.25, 0.3) is 0 Å². The third kappa shape index (κ3) is 2.30. The van der Waals surface area contributed by atoms with Gasteiger partial charge in [0.1, 0.15) is 0 Å². The number of anilines is 3. The predicted octanol–water partition coefficient (Wildman–Crippen LogP) is 3.44. The zero-order chi connectivity index (χ0) is 13.1. The summed E-state index contributed by atoms with van der Waals surface area (Å²) < 4.78 is 0. The Labute approximate surface area is 108 Å². The number of hydrogen-bond acceptors (Lipinski definition) is 3. The van der Waals surface area contributed by atoms with E-state index in [2.05, 4.69) is 35.9 Å². The van der Waals surface area contributed by atoms with Gasteiger partial charge in [-0.05, 0) is 44.0 Å². The Morgan fingerprint density at radius 3 is 2.56 bits per heavy atom. The maximum Gasteiger partial charge on any atom is 0.156 e. The van der Waals surface area contributed by atoms with E-state index in [0.717, 1.165) is 29.3 Å². The fraction of sp³-hybridized carbons (Fsp3) is 0.267. The van der Waals surface area contributed by atoms with Gasteiger partial charge < -0.3 is 10.6 Å². The molecule has 2 rings (SSSR count). The summed E-state index contributed by atoms with van der Waals surface area (Å²) in [4.78, 5) is 6.61. The quantitative estimate of drug-likeness (QED) is 0.895. The van der Waals surface area contributed by atoms with E-state index in [4.69, 9.17) is 5.73 Å². The molecule has 0 aliphatic carbocycles. The molecule has 2 N–H and O–H groups in total. The minimum absolute atomic E-state index is 0.722. The van der Waals surface area contributed by atoms with Crippen LogP contribution in [0.1, 0.15) is 18.1 Å². The highest BCUT2D eigenvalue weighted by Crippen LogP contribution is 2.30. The molecule has 94 valence electrons. The Balaban J connectivity index is 2.49. The largest absolute Gasteiger partial charge is 0.396 e. The number of pyridine rings is 1. The average Bonchev–Trinajstić information content (AvgIpc) is 2.34. The molecule has 1 aromatic heterocycles. The second kappa shape index (κ2) is 5.08. The third-order valence-corrected chi connectivity index (χ3v) is 3.01. The highest BCUT2D eigenvalue weighted by atomic mass is 15.2. The van der Waals surface area contributed by atoms with Gasteiger partial charge >= 0.3 is 0 Å². The number of nitrogens with zero attached hydrogens (tertiary/aromatic N) is 2. The van der Waals surface area contributed by atoms with Crippen LogP contribution in [-0.4, -0.2) is 11.5 Å². The molecule has 18 heavy (non-hydrogen) atoms. The fourth-order valence-electron chi connectivity index (χ4n) is 2.11. The molecule has 0 radical (unpaired) electrons. The summed E-state index contributed by atoms with van der Waals surface area (Å²) in [5.41, 5.74) is 10.3. The highest BCUT2D eigenvalue weighted by Gasteiger charge is 2.13. The van der Waals surface area contributed by atoms with E-state index < -0.39 is 0 Å². The van der Waals surface area contributed by atoms with Crippen LogP contribution in [0.15, 0.2) is 36.5 Å². The lowest BCUT2D eigenvalue weighted by Crippen LogP contribution is -2.19. The van der Waals surface area contributed by atoms with Crippen LogP contribution in [0.2, 0.25) is 0 Å². The first-order valence-electron chi connectivity index (χ1n) is 6.18. The summed E-state index contributed by atoms with van der Waals surface area (Å²) in [5.74, 6) is 0.831. The van der Waals surface area contributed by atoms with Gasteiger partial charge in [0.05, 0.1) is 5.69 Å². The van der Waals surface area contributed by atoms with Gasteiger partial charge in [-0.3, -0.25) is 0 Å². The van der Waals surface area contributed by atoms with Crippen molar-refractivity contribution in [2.75, 3.05) is 17.2 Å². The van der Waals surface area contributed by atoms with Crippen molar-refractivity contribution in [3.05, 3.63) is 47.7 Å². The standard InChI is InChI=1S/C15H19N3/c1-4-18(14-8-6-5-7-12(14)3)15-13(16)9-11(2)10-17-15/h5-10H,4,16H2,1-3H3. The zero-order valence-corrected chi connectivity index (χ0v) is 11.1. The average molecular weight is 241 g/mol. The molecule has 0 spiro atoms. The van der Waals surface area contributed by atoms with Gasteiger partial charge in [-0.25, -0.2) is 4.98 Å². The lowest BCUT2D eigenvalue weighted by Gasteiger charge is -2.25. The molecule has 0 amide bonds. The molecule has 3 nitrogen and oxygen atoms in total. The topological polar surface area (TPSA) is 42.2 Å². The van der Waals surface area contributed by atoms with Crippen molar-refractivity contribution in [3.8, 4) is 0 Å². The van der Waals surface area contributed by atoms with Crippen molar-refractivity contribution < 1.29 is 0 Å². The van der Waals surface area contributed by atoms with Crippen LogP contribution in [0, 0.1) is 13.8 Å². The maximum atomic E-state index is 6.08. The number of benzene rings is 1. The number of nitrogens with two attached hydrogens (primary N) is 1. The molecular formula is C15H19N3. The molecule has 0 saturated carbocycles. The summed E-state index contributed by atoms with van der Waals surface area (Å²) in [6, 6.07) is 10.2. The number of hydrogen-bond donors (Lipinski definition) is 1. The van der Waals surface area contributed by atoms with Crippen LogP contribution >= 0.6 is 0 Å². The summed E-state index contributed by atoms with van der Waals surface area (Å²) in [6.45, 7) is 7.04. The Morgan fingerprint density at radius 1 is 1.22 bits per heavy atom. The Morgan fingerprint density at radius 2 is 1.94 bits per heavy atom. The number of rotatable bonds is 3. The van der Waals surface area contributed by atoms with E-state index in [-0.39, 0.29) is 0 Å². The molecule has 1 aromatic carbocycles. The third-order valence-electron chi connectivity index (χ3n) is 3.01. The van der Waals surface area contributed by atoms with Gasteiger partial charge in [0, 0.05) is 18.4 Å². The summed E-state index contributed by atoms with van der Waals surface area (Å²) in [5, 5.41) is 0. The number of aryl methyl sites for hydroxylation is 2. The molecular weight excluding hydrogens is 222 g/mol. The van der Waals surface area contributed by atoms with Crippen molar-refractivity contribution in [2.45, 2.75) is 20.8 Å². The maximum absolute atomic E-state index is 6.08. The number of aromatic nitrogens is 1. The summed E-state index contributed by atoms with van der Waals surface area (Å²) >= 11 is 0. The smallest absolute Gasteiger partial charge is 0.156 e. The Bertz CT molecular complexity index is 549. The monoisotopic (exact) mass is 241 g/mol. The Kier molecular flexibility index (Phi) is 3.51. The fourth-order valence-corrected chi connectivity index (χ4v) is 2.11. The minimum atomic E-state index is 0.722. The van der Waals surface area contributed by atoms with Gasteiger partial charge in [-0.1, -0.05) is 18.2 Å². The Hall–Kier alpha value is -2.03. The number of para-hydroxylation sites is 1. The van der Waals surface area contributed by atoms with Crippen molar-refractivity contribution in [3.63, 3.8) is 0 Å². The molecule has 3 heteroatoms. The summed E-state index contributed by atoms with van der Waals surface area (Å²) in [7, 11) is 0. The van der Waals surface area contributed by atoms with Gasteiger partial charge in [-0.2, -0.15) is 0 Å². The van der Waals surface area contributed by atoms with E-state index in [1.54, 1.807) is 0 Å². The molecule has 2 aromatic rings. The molecule has 0 bridgehead atoms. The van der Waals surface area contributed by atoms with Crippen LogP contribution in [0.3, 0.4) is 0 Å². The van der Waals surface area contributed by atoms with E-state index >= 15 is 0 Å².